The molecule has 1 unspecified atom stereocenters. The number of ether oxygens (including phenoxy) is 2. The summed E-state index contributed by atoms with van der Waals surface area (Å²) in [5.41, 5.74) is 6.92. The minimum Gasteiger partial charge on any atom is -0.744 e. The van der Waals surface area contributed by atoms with Crippen LogP contribution in [-0.4, -0.2) is 78.0 Å². The Morgan fingerprint density at radius 2 is 1.88 bits per heavy atom. The standard InChI is InChI=1S/C13H18N2O7S.C7H8O3S/c1-6(2)21-13(19)22-23-5-7(4-20-3)9(12(17)18)15-10(16)8(14)11(15)23;1-6-2-4-7(5-3-6)11(8,9)10/h6,8,11H,4-5,14H2,1-3H3;2-5H,1H3,(H,8,9,10)/t8-,11-,23?;/m1./s1. The van der Waals surface area contributed by atoms with Crippen molar-refractivity contribution in [1.29, 1.82) is 0 Å². The Morgan fingerprint density at radius 1 is 1.29 bits per heavy atom. The molecule has 1 amide bonds. The van der Waals surface area contributed by atoms with Crippen LogP contribution in [0.2, 0.25) is 0 Å². The van der Waals surface area contributed by atoms with Crippen LogP contribution in [0.25, 0.3) is 0 Å². The van der Waals surface area contributed by atoms with Gasteiger partial charge in [0.25, 0.3) is 11.3 Å². The molecule has 1 saturated heterocycles. The van der Waals surface area contributed by atoms with Crippen molar-refractivity contribution in [2.75, 3.05) is 19.5 Å². The highest BCUT2D eigenvalue weighted by Crippen LogP contribution is 2.37. The lowest BCUT2D eigenvalue weighted by Crippen LogP contribution is -2.73. The molecule has 3 atom stereocenters. The maximum Gasteiger partial charge on any atom is 0.556 e. The largest absolute Gasteiger partial charge is 0.744 e. The second-order valence-corrected chi connectivity index (χ2v) is 10.7. The lowest BCUT2D eigenvalue weighted by atomic mass is 10.0. The first-order chi connectivity index (χ1) is 15.8. The van der Waals surface area contributed by atoms with E-state index in [9.17, 15) is 32.5 Å². The topological polar surface area (TPSA) is 186 Å². The van der Waals surface area contributed by atoms with Crippen LogP contribution >= 0.6 is 0 Å². The summed E-state index contributed by atoms with van der Waals surface area (Å²) in [5.74, 6) is -1.61. The van der Waals surface area contributed by atoms with Gasteiger partial charge in [-0.1, -0.05) is 17.7 Å². The second-order valence-electron chi connectivity index (χ2n) is 7.61. The van der Waals surface area contributed by atoms with E-state index in [4.69, 9.17) is 19.4 Å². The second kappa shape index (κ2) is 11.2. The number of carbonyl (C=O) groups excluding carboxylic acids is 2. The number of methoxy groups -OCH3 is 1. The van der Waals surface area contributed by atoms with E-state index < -0.39 is 50.7 Å². The maximum atomic E-state index is 12.0. The molecule has 0 radical (unpaired) electrons. The van der Waals surface area contributed by atoms with Gasteiger partial charge in [0.05, 0.1) is 17.6 Å². The SMILES string of the molecule is COCC1=C(C(=O)O)N2C(=O)[C@@H](N)[C@H]2[S+](OC(=O)OC(C)C)C1.Cc1ccc(S(=O)(=O)[O-])cc1. The van der Waals surface area contributed by atoms with Gasteiger partial charge < -0.3 is 24.9 Å². The minimum absolute atomic E-state index is 0.0134. The Morgan fingerprint density at radius 3 is 2.35 bits per heavy atom. The van der Waals surface area contributed by atoms with Crippen molar-refractivity contribution in [1.82, 2.24) is 4.90 Å². The smallest absolute Gasteiger partial charge is 0.556 e. The zero-order valence-corrected chi connectivity index (χ0v) is 20.6. The number of fused-ring (bicyclic) bond motifs is 1. The number of carboxylic acid groups (broad SMARTS) is 1. The van der Waals surface area contributed by atoms with Crippen LogP contribution in [0, 0.1) is 6.92 Å². The van der Waals surface area contributed by atoms with E-state index in [0.717, 1.165) is 10.5 Å². The number of nitrogens with two attached hydrogens (primary N) is 1. The van der Waals surface area contributed by atoms with Crippen LogP contribution in [0.5, 0.6) is 0 Å². The van der Waals surface area contributed by atoms with Crippen LogP contribution in [0.4, 0.5) is 4.79 Å². The molecule has 14 heteroatoms. The number of hydrogen-bond acceptors (Lipinski definition) is 10. The van der Waals surface area contributed by atoms with Gasteiger partial charge >= 0.3 is 12.1 Å². The molecule has 3 rings (SSSR count). The number of nitrogens with zero attached hydrogens (tertiary/aromatic N) is 1. The third-order valence-corrected chi connectivity index (χ3v) is 7.46. The lowest BCUT2D eigenvalue weighted by molar-refractivity contribution is -0.148. The molecule has 2 heterocycles. The molecule has 0 aromatic heterocycles. The number of rotatable bonds is 6. The molecule has 2 aliphatic rings. The average Bonchev–Trinajstić information content (AvgIpc) is 2.72. The molecule has 0 bridgehead atoms. The van der Waals surface area contributed by atoms with E-state index in [2.05, 4.69) is 0 Å². The summed E-state index contributed by atoms with van der Waals surface area (Å²) in [6.07, 6.45) is -1.22. The fourth-order valence-electron chi connectivity index (χ4n) is 3.12. The van der Waals surface area contributed by atoms with E-state index in [1.54, 1.807) is 26.0 Å². The van der Waals surface area contributed by atoms with E-state index in [0.29, 0.717) is 5.57 Å². The highest BCUT2D eigenvalue weighted by Gasteiger charge is 2.64. The van der Waals surface area contributed by atoms with Gasteiger partial charge in [-0.15, -0.1) is 0 Å². The van der Waals surface area contributed by atoms with Crippen LogP contribution in [0.1, 0.15) is 19.4 Å². The summed E-state index contributed by atoms with van der Waals surface area (Å²) in [7, 11) is -2.86. The number of β-lactam (4-membered cyclic amide) rings is 1. The van der Waals surface area contributed by atoms with Gasteiger partial charge in [0.15, 0.2) is 11.8 Å². The van der Waals surface area contributed by atoms with Gasteiger partial charge in [-0.3, -0.25) is 9.69 Å². The van der Waals surface area contributed by atoms with Gasteiger partial charge in [0, 0.05) is 12.7 Å². The maximum absolute atomic E-state index is 12.0. The van der Waals surface area contributed by atoms with Gasteiger partial charge in [0.2, 0.25) is 11.2 Å². The van der Waals surface area contributed by atoms with Crippen molar-refractivity contribution >= 4 is 39.3 Å². The summed E-state index contributed by atoms with van der Waals surface area (Å²) < 4.78 is 46.4. The van der Waals surface area contributed by atoms with Crippen molar-refractivity contribution in [3.05, 3.63) is 41.1 Å². The third-order valence-electron chi connectivity index (χ3n) is 4.58. The molecule has 0 spiro atoms. The van der Waals surface area contributed by atoms with Crippen LogP contribution in [-0.2, 0) is 44.5 Å². The van der Waals surface area contributed by atoms with E-state index in [-0.39, 0.29) is 29.1 Å². The summed E-state index contributed by atoms with van der Waals surface area (Å²) in [6, 6.07) is 4.88. The van der Waals surface area contributed by atoms with Crippen LogP contribution in [0.3, 0.4) is 0 Å². The molecular formula is C20H26N2O10S2. The normalized spacial score (nSPS) is 21.8. The highest BCUT2D eigenvalue weighted by atomic mass is 32.2. The fraction of sp³-hybridized carbons (Fsp3) is 0.450. The first-order valence-corrected chi connectivity index (χ1v) is 12.7. The van der Waals surface area contributed by atoms with Crippen molar-refractivity contribution < 1.29 is 46.1 Å². The Labute approximate surface area is 199 Å². The Balaban J connectivity index is 0.000000310. The van der Waals surface area contributed by atoms with Crippen LogP contribution < -0.4 is 5.73 Å². The Hall–Kier alpha value is -2.65. The van der Waals surface area contributed by atoms with Gasteiger partial charge in [-0.2, -0.15) is 8.98 Å². The zero-order chi connectivity index (χ0) is 25.8. The highest BCUT2D eigenvalue weighted by molar-refractivity contribution is 7.93. The Bertz CT molecular complexity index is 1070. The summed E-state index contributed by atoms with van der Waals surface area (Å²) in [5, 5.41) is 8.68. The predicted octanol–water partition coefficient (Wildman–Crippen LogP) is 0.475. The first-order valence-electron chi connectivity index (χ1n) is 9.92. The third kappa shape index (κ3) is 6.48. The fourth-order valence-corrected chi connectivity index (χ4v) is 5.59. The van der Waals surface area contributed by atoms with Crippen molar-refractivity contribution in [3.8, 4) is 0 Å². The number of benzene rings is 1. The number of carboxylic acids is 1. The molecular weight excluding hydrogens is 492 g/mol. The van der Waals surface area contributed by atoms with Crippen molar-refractivity contribution in [3.63, 3.8) is 0 Å². The average molecular weight is 519 g/mol. The molecule has 0 saturated carbocycles. The molecule has 1 aromatic rings. The molecule has 0 aliphatic carbocycles. The molecule has 1 aromatic carbocycles. The first kappa shape index (κ1) is 27.6. The zero-order valence-electron chi connectivity index (χ0n) is 18.9. The summed E-state index contributed by atoms with van der Waals surface area (Å²) in [4.78, 5) is 36.1. The summed E-state index contributed by atoms with van der Waals surface area (Å²) in [6.45, 7) is 5.19. The number of aryl methyl sites for hydroxylation is 1. The quantitative estimate of drug-likeness (QED) is 0.231. The van der Waals surface area contributed by atoms with E-state index in [1.807, 2.05) is 6.92 Å². The lowest BCUT2D eigenvalue weighted by Gasteiger charge is -2.44. The molecule has 188 valence electrons. The van der Waals surface area contributed by atoms with Crippen molar-refractivity contribution in [2.45, 2.75) is 43.2 Å². The van der Waals surface area contributed by atoms with Crippen LogP contribution in [0.15, 0.2) is 40.4 Å². The number of aliphatic carboxylic acids is 1. The summed E-state index contributed by atoms with van der Waals surface area (Å²) >= 11 is -1.09. The number of amides is 1. The molecule has 12 nitrogen and oxygen atoms in total. The van der Waals surface area contributed by atoms with Gasteiger partial charge in [0.1, 0.15) is 15.8 Å². The molecule has 2 aliphatic heterocycles. The number of carbonyl (C=O) groups is 3. The monoisotopic (exact) mass is 518 g/mol. The Kier molecular flexibility index (Phi) is 9.08. The van der Waals surface area contributed by atoms with Gasteiger partial charge in [-0.25, -0.2) is 13.2 Å². The minimum atomic E-state index is -4.27. The van der Waals surface area contributed by atoms with Crippen molar-refractivity contribution in [2.24, 2.45) is 5.73 Å². The molecule has 34 heavy (non-hydrogen) atoms. The number of hydrogen-bond donors (Lipinski definition) is 2. The van der Waals surface area contributed by atoms with Gasteiger partial charge in [-0.05, 0) is 32.9 Å². The van der Waals surface area contributed by atoms with E-state index >= 15 is 0 Å². The predicted molar refractivity (Wildman–Crippen MR) is 119 cm³/mol. The molecule has 1 fully saturated rings. The van der Waals surface area contributed by atoms with E-state index in [1.165, 1.54) is 19.2 Å². The molecule has 3 N–H and O–H groups in total.